The molecule has 2 heterocycles. The van der Waals surface area contributed by atoms with Crippen LogP contribution in [0.25, 0.3) is 10.9 Å². The van der Waals surface area contributed by atoms with Crippen molar-refractivity contribution in [3.8, 4) is 0 Å². The number of aromatic amines is 1. The van der Waals surface area contributed by atoms with Crippen LogP contribution in [-0.4, -0.2) is 33.9 Å². The van der Waals surface area contributed by atoms with Crippen LogP contribution in [0.3, 0.4) is 0 Å². The van der Waals surface area contributed by atoms with Gasteiger partial charge in [0.15, 0.2) is 0 Å². The highest BCUT2D eigenvalue weighted by Crippen LogP contribution is 2.19. The summed E-state index contributed by atoms with van der Waals surface area (Å²) < 4.78 is 0. The number of carbonyl (C=O) groups is 2. The van der Waals surface area contributed by atoms with Gasteiger partial charge >= 0.3 is 0 Å². The number of rotatable bonds is 6. The summed E-state index contributed by atoms with van der Waals surface area (Å²) >= 11 is 0. The summed E-state index contributed by atoms with van der Waals surface area (Å²) in [6.45, 7) is 3.78. The van der Waals surface area contributed by atoms with Gasteiger partial charge in [0.2, 0.25) is 5.91 Å². The molecule has 0 unspecified atom stereocenters. The molecule has 3 aromatic rings. The highest BCUT2D eigenvalue weighted by molar-refractivity contribution is 5.97. The van der Waals surface area contributed by atoms with Crippen molar-refractivity contribution in [2.45, 2.75) is 32.4 Å². The molecule has 6 nitrogen and oxygen atoms in total. The van der Waals surface area contributed by atoms with E-state index in [0.29, 0.717) is 12.0 Å². The molecule has 3 N–H and O–H groups in total. The van der Waals surface area contributed by atoms with Crippen molar-refractivity contribution in [2.24, 2.45) is 0 Å². The van der Waals surface area contributed by atoms with Crippen molar-refractivity contribution in [1.82, 2.24) is 20.6 Å². The van der Waals surface area contributed by atoms with Crippen molar-refractivity contribution in [3.63, 3.8) is 0 Å². The third-order valence-corrected chi connectivity index (χ3v) is 4.08. The summed E-state index contributed by atoms with van der Waals surface area (Å²) in [5.74, 6) is -0.524. The number of aromatic nitrogens is 2. The van der Waals surface area contributed by atoms with Gasteiger partial charge in [0, 0.05) is 42.0 Å². The number of carbonyl (C=O) groups excluding carboxylic acids is 2. The van der Waals surface area contributed by atoms with Crippen LogP contribution in [0.2, 0.25) is 0 Å². The third-order valence-electron chi connectivity index (χ3n) is 4.08. The van der Waals surface area contributed by atoms with E-state index in [1.54, 1.807) is 18.3 Å². The van der Waals surface area contributed by atoms with Gasteiger partial charge < -0.3 is 15.6 Å². The van der Waals surface area contributed by atoms with Crippen LogP contribution in [0.15, 0.2) is 55.0 Å². The minimum absolute atomic E-state index is 0.0109. The SMILES string of the molecule is CC(C)NC(=O)[C@@H](Cc1c[nH]c2ccccc12)NC(=O)c1cccnc1. The van der Waals surface area contributed by atoms with Crippen LogP contribution in [0.1, 0.15) is 29.8 Å². The molecule has 0 aliphatic heterocycles. The van der Waals surface area contributed by atoms with Gasteiger partial charge in [0.1, 0.15) is 6.04 Å². The van der Waals surface area contributed by atoms with Crippen molar-refractivity contribution < 1.29 is 9.59 Å². The number of para-hydroxylation sites is 1. The highest BCUT2D eigenvalue weighted by Gasteiger charge is 2.23. The molecule has 0 bridgehead atoms. The quantitative estimate of drug-likeness (QED) is 0.638. The van der Waals surface area contributed by atoms with Crippen molar-refractivity contribution in [2.75, 3.05) is 0 Å². The van der Waals surface area contributed by atoms with Gasteiger partial charge in [-0.1, -0.05) is 18.2 Å². The van der Waals surface area contributed by atoms with Crippen LogP contribution in [-0.2, 0) is 11.2 Å². The molecule has 1 aromatic carbocycles. The molecule has 6 heteroatoms. The molecule has 0 aliphatic carbocycles. The van der Waals surface area contributed by atoms with Crippen LogP contribution in [0.5, 0.6) is 0 Å². The molecule has 0 saturated carbocycles. The fourth-order valence-electron chi connectivity index (χ4n) is 2.85. The summed E-state index contributed by atoms with van der Waals surface area (Å²) in [6, 6.07) is 10.6. The summed E-state index contributed by atoms with van der Waals surface area (Å²) in [5.41, 5.74) is 2.41. The Morgan fingerprint density at radius 2 is 1.92 bits per heavy atom. The maximum atomic E-state index is 12.6. The summed E-state index contributed by atoms with van der Waals surface area (Å²) in [5, 5.41) is 6.76. The molecular formula is C20H22N4O2. The molecule has 1 atom stereocenters. The molecule has 134 valence electrons. The molecule has 0 aliphatic rings. The van der Waals surface area contributed by atoms with E-state index < -0.39 is 6.04 Å². The number of hydrogen-bond donors (Lipinski definition) is 3. The van der Waals surface area contributed by atoms with E-state index in [9.17, 15) is 9.59 Å². The Balaban J connectivity index is 1.83. The van der Waals surface area contributed by atoms with Gasteiger partial charge in [-0.25, -0.2) is 0 Å². The smallest absolute Gasteiger partial charge is 0.253 e. The monoisotopic (exact) mass is 350 g/mol. The van der Waals surface area contributed by atoms with Gasteiger partial charge in [0.05, 0.1) is 5.56 Å². The van der Waals surface area contributed by atoms with Crippen LogP contribution >= 0.6 is 0 Å². The molecule has 0 saturated heterocycles. The van der Waals surface area contributed by atoms with E-state index in [-0.39, 0.29) is 17.9 Å². The summed E-state index contributed by atoms with van der Waals surface area (Å²) in [6.07, 6.45) is 5.37. The number of nitrogens with one attached hydrogen (secondary N) is 3. The zero-order valence-electron chi connectivity index (χ0n) is 14.8. The summed E-state index contributed by atoms with van der Waals surface area (Å²) in [4.78, 5) is 32.3. The first-order chi connectivity index (χ1) is 12.5. The third kappa shape index (κ3) is 4.08. The van der Waals surface area contributed by atoms with Crippen molar-refractivity contribution >= 4 is 22.7 Å². The largest absolute Gasteiger partial charge is 0.361 e. The van der Waals surface area contributed by atoms with E-state index in [2.05, 4.69) is 20.6 Å². The van der Waals surface area contributed by atoms with Crippen LogP contribution in [0.4, 0.5) is 0 Å². The Morgan fingerprint density at radius 3 is 2.65 bits per heavy atom. The Labute approximate surface area is 152 Å². The number of nitrogens with zero attached hydrogens (tertiary/aromatic N) is 1. The molecule has 2 amide bonds. The lowest BCUT2D eigenvalue weighted by molar-refractivity contribution is -0.123. The van der Waals surface area contributed by atoms with E-state index >= 15 is 0 Å². The van der Waals surface area contributed by atoms with Gasteiger partial charge in [0.25, 0.3) is 5.91 Å². The molecule has 0 radical (unpaired) electrons. The molecule has 3 rings (SSSR count). The second kappa shape index (κ2) is 7.82. The van der Waals surface area contributed by atoms with E-state index in [1.165, 1.54) is 6.20 Å². The number of amides is 2. The second-order valence-corrected chi connectivity index (χ2v) is 6.49. The molecule has 2 aromatic heterocycles. The highest BCUT2D eigenvalue weighted by atomic mass is 16.2. The minimum Gasteiger partial charge on any atom is -0.361 e. The van der Waals surface area contributed by atoms with Gasteiger partial charge in [-0.2, -0.15) is 0 Å². The standard InChI is InChI=1S/C20H22N4O2/c1-13(2)23-20(26)18(24-19(25)14-6-5-9-21-11-14)10-15-12-22-17-8-4-3-7-16(15)17/h3-9,11-13,18,22H,10H2,1-2H3,(H,23,26)(H,24,25)/t18-/m1/s1. The lowest BCUT2D eigenvalue weighted by Gasteiger charge is -2.20. The van der Waals surface area contributed by atoms with E-state index in [1.807, 2.05) is 44.3 Å². The molecule has 26 heavy (non-hydrogen) atoms. The lowest BCUT2D eigenvalue weighted by atomic mass is 10.0. The van der Waals surface area contributed by atoms with Gasteiger partial charge in [-0.15, -0.1) is 0 Å². The summed E-state index contributed by atoms with van der Waals surface area (Å²) in [7, 11) is 0. The topological polar surface area (TPSA) is 86.9 Å². The maximum absolute atomic E-state index is 12.6. The number of hydrogen-bond acceptors (Lipinski definition) is 3. The first-order valence-corrected chi connectivity index (χ1v) is 8.61. The average Bonchev–Trinajstić information content (AvgIpc) is 3.04. The van der Waals surface area contributed by atoms with E-state index in [4.69, 9.17) is 0 Å². The predicted molar refractivity (Wildman–Crippen MR) is 101 cm³/mol. The number of pyridine rings is 1. The normalized spacial score (nSPS) is 12.1. The Kier molecular flexibility index (Phi) is 5.31. The fourth-order valence-corrected chi connectivity index (χ4v) is 2.85. The first kappa shape index (κ1) is 17.7. The predicted octanol–water partition coefficient (Wildman–Crippen LogP) is 2.43. The average molecular weight is 350 g/mol. The minimum atomic E-state index is -0.677. The Morgan fingerprint density at radius 1 is 1.12 bits per heavy atom. The van der Waals surface area contributed by atoms with E-state index in [0.717, 1.165) is 16.5 Å². The molecular weight excluding hydrogens is 328 g/mol. The maximum Gasteiger partial charge on any atom is 0.253 e. The fraction of sp³-hybridized carbons (Fsp3) is 0.250. The second-order valence-electron chi connectivity index (χ2n) is 6.49. The number of fused-ring (bicyclic) bond motifs is 1. The van der Waals surface area contributed by atoms with Crippen molar-refractivity contribution in [3.05, 3.63) is 66.1 Å². The Hall–Kier alpha value is -3.15. The van der Waals surface area contributed by atoms with Gasteiger partial charge in [-0.3, -0.25) is 14.6 Å². The zero-order chi connectivity index (χ0) is 18.5. The first-order valence-electron chi connectivity index (χ1n) is 8.61. The number of H-pyrrole nitrogens is 1. The zero-order valence-corrected chi connectivity index (χ0v) is 14.8. The lowest BCUT2D eigenvalue weighted by Crippen LogP contribution is -2.49. The molecule has 0 fully saturated rings. The van der Waals surface area contributed by atoms with Crippen LogP contribution in [0, 0.1) is 0 Å². The van der Waals surface area contributed by atoms with Crippen LogP contribution < -0.4 is 10.6 Å². The molecule has 0 spiro atoms. The van der Waals surface area contributed by atoms with Gasteiger partial charge in [-0.05, 0) is 37.6 Å². The number of benzene rings is 1. The van der Waals surface area contributed by atoms with Crippen molar-refractivity contribution in [1.29, 1.82) is 0 Å². The Bertz CT molecular complexity index is 902.